The lowest BCUT2D eigenvalue weighted by Gasteiger charge is -2.39. The van der Waals surface area contributed by atoms with Crippen LogP contribution in [0.5, 0.6) is 0 Å². The van der Waals surface area contributed by atoms with Crippen LogP contribution in [-0.2, 0) is 17.6 Å². The molecule has 2 aromatic carbocycles. The van der Waals surface area contributed by atoms with Crippen LogP contribution in [0.3, 0.4) is 0 Å². The van der Waals surface area contributed by atoms with Crippen LogP contribution in [0, 0.1) is 0 Å². The van der Waals surface area contributed by atoms with Crippen molar-refractivity contribution in [2.24, 2.45) is 0 Å². The number of carbonyl (C=O) groups excluding carboxylic acids is 1. The Balaban J connectivity index is 1.86. The second-order valence-corrected chi connectivity index (χ2v) is 8.47. The standard InChI is InChI=1S/C26H36N2O/c1-5-7-9-21-11-14-23(15-12-21)27-25-17-19(3)28(20(4)29)26-16-13-22(10-8-6-2)18-24(25)26/h11-16,18-19,25,27H,5-10,17H2,1-4H3. The van der Waals surface area contributed by atoms with Crippen LogP contribution in [0.25, 0.3) is 0 Å². The van der Waals surface area contributed by atoms with Gasteiger partial charge >= 0.3 is 0 Å². The van der Waals surface area contributed by atoms with Gasteiger partial charge in [-0.1, -0.05) is 51.0 Å². The number of hydrogen-bond acceptors (Lipinski definition) is 2. The van der Waals surface area contributed by atoms with Crippen LogP contribution in [0.2, 0.25) is 0 Å². The van der Waals surface area contributed by atoms with Crippen molar-refractivity contribution in [3.05, 3.63) is 59.2 Å². The van der Waals surface area contributed by atoms with Crippen molar-refractivity contribution in [2.75, 3.05) is 10.2 Å². The molecule has 0 radical (unpaired) electrons. The Labute approximate surface area is 176 Å². The summed E-state index contributed by atoms with van der Waals surface area (Å²) in [6.07, 6.45) is 8.02. The summed E-state index contributed by atoms with van der Waals surface area (Å²) in [5.41, 5.74) is 6.24. The minimum absolute atomic E-state index is 0.124. The van der Waals surface area contributed by atoms with Gasteiger partial charge in [0.15, 0.2) is 0 Å². The molecule has 0 saturated heterocycles. The van der Waals surface area contributed by atoms with Crippen LogP contribution in [0.1, 0.15) is 82.5 Å². The van der Waals surface area contributed by atoms with Gasteiger partial charge in [-0.2, -0.15) is 0 Å². The quantitative estimate of drug-likeness (QED) is 0.544. The first-order valence-corrected chi connectivity index (χ1v) is 11.3. The molecule has 2 unspecified atom stereocenters. The summed E-state index contributed by atoms with van der Waals surface area (Å²) in [4.78, 5) is 14.3. The number of benzene rings is 2. The SMILES string of the molecule is CCCCc1ccc(NC2CC(C)N(C(C)=O)c3ccc(CCCC)cc32)cc1. The molecule has 0 aliphatic carbocycles. The van der Waals surface area contributed by atoms with Crippen LogP contribution >= 0.6 is 0 Å². The molecule has 1 heterocycles. The van der Waals surface area contributed by atoms with E-state index in [0.717, 1.165) is 30.6 Å². The number of aryl methyl sites for hydroxylation is 2. The molecule has 1 aliphatic rings. The van der Waals surface area contributed by atoms with E-state index in [0.29, 0.717) is 0 Å². The summed E-state index contributed by atoms with van der Waals surface area (Å²) in [7, 11) is 0. The zero-order valence-corrected chi connectivity index (χ0v) is 18.5. The Morgan fingerprint density at radius 1 is 1.00 bits per heavy atom. The minimum Gasteiger partial charge on any atom is -0.378 e. The minimum atomic E-state index is 0.124. The summed E-state index contributed by atoms with van der Waals surface area (Å²) in [5, 5.41) is 3.76. The molecule has 29 heavy (non-hydrogen) atoms. The third-order valence-electron chi connectivity index (χ3n) is 6.02. The van der Waals surface area contributed by atoms with Crippen molar-refractivity contribution in [1.29, 1.82) is 0 Å². The Hall–Kier alpha value is -2.29. The topological polar surface area (TPSA) is 32.3 Å². The molecule has 156 valence electrons. The highest BCUT2D eigenvalue weighted by Gasteiger charge is 2.32. The number of carbonyl (C=O) groups is 1. The first-order chi connectivity index (χ1) is 14.0. The summed E-state index contributed by atoms with van der Waals surface area (Å²) in [5.74, 6) is 0.124. The molecule has 1 amide bonds. The van der Waals surface area contributed by atoms with Crippen LogP contribution in [0.4, 0.5) is 11.4 Å². The number of hydrogen-bond donors (Lipinski definition) is 1. The zero-order chi connectivity index (χ0) is 20.8. The first kappa shape index (κ1) is 21.4. The van der Waals surface area contributed by atoms with E-state index < -0.39 is 0 Å². The number of nitrogens with zero attached hydrogens (tertiary/aromatic N) is 1. The largest absolute Gasteiger partial charge is 0.378 e. The third kappa shape index (κ3) is 5.20. The van der Waals surface area contributed by atoms with Gasteiger partial charge in [-0.15, -0.1) is 0 Å². The number of unbranched alkanes of at least 4 members (excludes halogenated alkanes) is 2. The van der Waals surface area contributed by atoms with E-state index in [2.05, 4.69) is 68.6 Å². The maximum atomic E-state index is 12.3. The molecule has 2 aromatic rings. The first-order valence-electron chi connectivity index (χ1n) is 11.3. The monoisotopic (exact) mass is 392 g/mol. The fourth-order valence-corrected chi connectivity index (χ4v) is 4.42. The smallest absolute Gasteiger partial charge is 0.224 e. The summed E-state index contributed by atoms with van der Waals surface area (Å²) in [6.45, 7) is 8.29. The number of rotatable bonds is 8. The van der Waals surface area contributed by atoms with Gasteiger partial charge in [0, 0.05) is 24.3 Å². The van der Waals surface area contributed by atoms with Gasteiger partial charge < -0.3 is 10.2 Å². The Morgan fingerprint density at radius 2 is 1.62 bits per heavy atom. The van der Waals surface area contributed by atoms with Gasteiger partial charge in [-0.25, -0.2) is 0 Å². The molecule has 0 spiro atoms. The number of fused-ring (bicyclic) bond motifs is 1. The number of anilines is 2. The molecule has 1 N–H and O–H groups in total. The molecule has 3 rings (SSSR count). The van der Waals surface area contributed by atoms with Crippen molar-refractivity contribution in [3.8, 4) is 0 Å². The average Bonchev–Trinajstić information content (AvgIpc) is 2.71. The van der Waals surface area contributed by atoms with E-state index in [-0.39, 0.29) is 18.0 Å². The zero-order valence-electron chi connectivity index (χ0n) is 18.5. The van der Waals surface area contributed by atoms with Crippen LogP contribution in [-0.4, -0.2) is 11.9 Å². The van der Waals surface area contributed by atoms with Gasteiger partial charge in [0.2, 0.25) is 5.91 Å². The van der Waals surface area contributed by atoms with Gasteiger partial charge in [0.25, 0.3) is 0 Å². The maximum Gasteiger partial charge on any atom is 0.224 e. The molecule has 3 nitrogen and oxygen atoms in total. The summed E-state index contributed by atoms with van der Waals surface area (Å²) >= 11 is 0. The molecular weight excluding hydrogens is 356 g/mol. The Morgan fingerprint density at radius 3 is 2.24 bits per heavy atom. The highest BCUT2D eigenvalue weighted by molar-refractivity contribution is 5.93. The second-order valence-electron chi connectivity index (χ2n) is 8.47. The van der Waals surface area contributed by atoms with Crippen molar-refractivity contribution in [3.63, 3.8) is 0 Å². The van der Waals surface area contributed by atoms with E-state index in [1.807, 2.05) is 4.90 Å². The van der Waals surface area contributed by atoms with Gasteiger partial charge in [-0.3, -0.25) is 4.79 Å². The lowest BCUT2D eigenvalue weighted by molar-refractivity contribution is -0.117. The van der Waals surface area contributed by atoms with Crippen LogP contribution in [0.15, 0.2) is 42.5 Å². The normalized spacial score (nSPS) is 18.4. The predicted molar refractivity (Wildman–Crippen MR) is 124 cm³/mol. The lowest BCUT2D eigenvalue weighted by Crippen LogP contribution is -2.43. The Kier molecular flexibility index (Phi) is 7.35. The Bertz CT molecular complexity index is 812. The van der Waals surface area contributed by atoms with E-state index >= 15 is 0 Å². The fourth-order valence-electron chi connectivity index (χ4n) is 4.42. The summed E-state index contributed by atoms with van der Waals surface area (Å²) in [6, 6.07) is 16.0. The van der Waals surface area contributed by atoms with E-state index in [9.17, 15) is 4.79 Å². The maximum absolute atomic E-state index is 12.3. The molecule has 1 aliphatic heterocycles. The molecule has 0 bridgehead atoms. The molecule has 3 heteroatoms. The third-order valence-corrected chi connectivity index (χ3v) is 6.02. The highest BCUT2D eigenvalue weighted by Crippen LogP contribution is 2.39. The number of nitrogens with one attached hydrogen (secondary N) is 1. The molecule has 2 atom stereocenters. The van der Waals surface area contributed by atoms with Crippen molar-refractivity contribution in [2.45, 2.75) is 84.7 Å². The predicted octanol–water partition coefficient (Wildman–Crippen LogP) is 6.67. The molecule has 0 fully saturated rings. The van der Waals surface area contributed by atoms with Gasteiger partial charge in [-0.05, 0) is 73.9 Å². The van der Waals surface area contributed by atoms with E-state index in [1.165, 1.54) is 42.4 Å². The fraction of sp³-hybridized carbons (Fsp3) is 0.500. The average molecular weight is 393 g/mol. The van der Waals surface area contributed by atoms with Gasteiger partial charge in [0.05, 0.1) is 6.04 Å². The van der Waals surface area contributed by atoms with Crippen molar-refractivity contribution < 1.29 is 4.79 Å². The van der Waals surface area contributed by atoms with Crippen molar-refractivity contribution in [1.82, 2.24) is 0 Å². The van der Waals surface area contributed by atoms with E-state index in [4.69, 9.17) is 0 Å². The molecular formula is C26H36N2O. The van der Waals surface area contributed by atoms with E-state index in [1.54, 1.807) is 6.92 Å². The highest BCUT2D eigenvalue weighted by atomic mass is 16.2. The lowest BCUT2D eigenvalue weighted by atomic mass is 9.89. The summed E-state index contributed by atoms with van der Waals surface area (Å²) < 4.78 is 0. The molecule has 0 aromatic heterocycles. The number of amides is 1. The van der Waals surface area contributed by atoms with Crippen LogP contribution < -0.4 is 10.2 Å². The molecule has 0 saturated carbocycles. The second kappa shape index (κ2) is 9.96. The van der Waals surface area contributed by atoms with Gasteiger partial charge in [0.1, 0.15) is 0 Å². The van der Waals surface area contributed by atoms with Crippen molar-refractivity contribution >= 4 is 17.3 Å².